The molecule has 49 heavy (non-hydrogen) atoms. The first kappa shape index (κ1) is 35.6. The molecule has 0 aliphatic carbocycles. The molecule has 2 amide bonds. The maximum atomic E-state index is 16.5. The first-order chi connectivity index (χ1) is 23.2. The molecule has 2 heterocycles. The highest BCUT2D eigenvalue weighted by atomic mass is 19.4. The summed E-state index contributed by atoms with van der Waals surface area (Å²) in [5.41, 5.74) is -0.0555. The number of carbonyl (C=O) groups excluding carboxylic acids is 3. The maximum Gasteiger partial charge on any atom is 0.416 e. The number of alkyl halides is 3. The van der Waals surface area contributed by atoms with Crippen LogP contribution in [0.15, 0.2) is 90.8 Å². The summed E-state index contributed by atoms with van der Waals surface area (Å²) in [7, 11) is 0. The van der Waals surface area contributed by atoms with E-state index in [4.69, 9.17) is 9.47 Å². The van der Waals surface area contributed by atoms with E-state index >= 15 is 4.39 Å². The predicted octanol–water partition coefficient (Wildman–Crippen LogP) is 7.07. The van der Waals surface area contributed by atoms with Crippen LogP contribution in [0, 0.1) is 0 Å². The number of benzene rings is 3. The number of cyclic esters (lactones) is 1. The van der Waals surface area contributed by atoms with E-state index in [9.17, 15) is 27.6 Å². The molecule has 2 saturated heterocycles. The molecule has 12 heteroatoms. The van der Waals surface area contributed by atoms with Crippen molar-refractivity contribution in [1.82, 2.24) is 15.1 Å². The Morgan fingerprint density at radius 1 is 1.00 bits per heavy atom. The van der Waals surface area contributed by atoms with E-state index in [1.54, 1.807) is 56.0 Å². The number of ether oxygens (including phenoxy) is 2. The highest BCUT2D eigenvalue weighted by Gasteiger charge is 2.54. The van der Waals surface area contributed by atoms with E-state index in [0.29, 0.717) is 5.56 Å². The van der Waals surface area contributed by atoms with Crippen molar-refractivity contribution >= 4 is 24.0 Å². The average Bonchev–Trinajstić information content (AvgIpc) is 3.41. The molecule has 8 nitrogen and oxygen atoms in total. The van der Waals surface area contributed by atoms with Gasteiger partial charge in [-0.2, -0.15) is 13.2 Å². The Hall–Kier alpha value is -4.71. The Kier molecular flexibility index (Phi) is 10.8. The highest BCUT2D eigenvalue weighted by molar-refractivity contribution is 5.83. The fourth-order valence-electron chi connectivity index (χ4n) is 6.20. The zero-order valence-electron chi connectivity index (χ0n) is 27.5. The molecule has 4 atom stereocenters. The summed E-state index contributed by atoms with van der Waals surface area (Å²) in [6.45, 7) is 5.03. The molecular weight excluding hydrogens is 642 g/mol. The van der Waals surface area contributed by atoms with Crippen LogP contribution in [0.1, 0.15) is 61.9 Å². The van der Waals surface area contributed by atoms with Gasteiger partial charge in [0.2, 0.25) is 5.91 Å². The Morgan fingerprint density at radius 3 is 2.33 bits per heavy atom. The topological polar surface area (TPSA) is 88.2 Å². The number of hydrogen-bond donors (Lipinski definition) is 1. The van der Waals surface area contributed by atoms with Crippen LogP contribution >= 0.6 is 0 Å². The van der Waals surface area contributed by atoms with Crippen molar-refractivity contribution in [1.29, 1.82) is 0 Å². The number of nitrogens with zero attached hydrogens (tertiary/aromatic N) is 2. The molecule has 0 aromatic heterocycles. The second-order valence-electron chi connectivity index (χ2n) is 13.1. The summed E-state index contributed by atoms with van der Waals surface area (Å²) in [6.07, 6.45) is -4.09. The van der Waals surface area contributed by atoms with Crippen molar-refractivity contribution in [3.63, 3.8) is 0 Å². The van der Waals surface area contributed by atoms with Crippen LogP contribution < -0.4 is 5.32 Å². The largest absolute Gasteiger partial charge is 0.460 e. The van der Waals surface area contributed by atoms with E-state index in [-0.39, 0.29) is 38.1 Å². The molecule has 2 unspecified atom stereocenters. The number of hydrogen-bond acceptors (Lipinski definition) is 6. The Bertz CT molecular complexity index is 1660. The van der Waals surface area contributed by atoms with Crippen molar-refractivity contribution in [2.24, 2.45) is 0 Å². The van der Waals surface area contributed by atoms with Crippen molar-refractivity contribution in [3.05, 3.63) is 113 Å². The molecular formula is C37H39F4N3O5. The van der Waals surface area contributed by atoms with Crippen LogP contribution in [-0.2, 0) is 31.8 Å². The molecule has 3 aromatic rings. The van der Waals surface area contributed by atoms with Crippen LogP contribution in [0.5, 0.6) is 0 Å². The number of amides is 2. The van der Waals surface area contributed by atoms with Crippen LogP contribution in [0.4, 0.5) is 22.4 Å². The van der Waals surface area contributed by atoms with Gasteiger partial charge in [0.1, 0.15) is 18.0 Å². The molecule has 0 spiro atoms. The van der Waals surface area contributed by atoms with E-state index < -0.39 is 65.3 Å². The normalized spacial score (nSPS) is 20.7. The molecule has 0 radical (unpaired) electrons. The van der Waals surface area contributed by atoms with Gasteiger partial charge < -0.3 is 14.8 Å². The molecule has 3 aromatic carbocycles. The molecule has 5 rings (SSSR count). The summed E-state index contributed by atoms with van der Waals surface area (Å²) < 4.78 is 67.4. The van der Waals surface area contributed by atoms with Gasteiger partial charge >= 0.3 is 18.2 Å². The maximum absolute atomic E-state index is 16.5. The summed E-state index contributed by atoms with van der Waals surface area (Å²) >= 11 is 0. The van der Waals surface area contributed by atoms with Crippen molar-refractivity contribution in [2.45, 2.75) is 76.1 Å². The third kappa shape index (κ3) is 8.86. The number of esters is 1. The van der Waals surface area contributed by atoms with Gasteiger partial charge in [-0.3, -0.25) is 19.4 Å². The summed E-state index contributed by atoms with van der Waals surface area (Å²) in [5.74, 6) is -1.79. The van der Waals surface area contributed by atoms with E-state index in [1.165, 1.54) is 23.1 Å². The number of nitrogens with one attached hydrogen (secondary N) is 1. The van der Waals surface area contributed by atoms with Gasteiger partial charge in [0, 0.05) is 19.5 Å². The quantitative estimate of drug-likeness (QED) is 0.172. The molecule has 2 fully saturated rings. The minimum Gasteiger partial charge on any atom is -0.460 e. The zero-order chi connectivity index (χ0) is 35.3. The minimum absolute atomic E-state index is 0.0646. The molecule has 1 N–H and O–H groups in total. The summed E-state index contributed by atoms with van der Waals surface area (Å²) in [4.78, 5) is 42.9. The number of likely N-dealkylation sites (tertiary alicyclic amines) is 1. The van der Waals surface area contributed by atoms with Gasteiger partial charge in [-0.1, -0.05) is 72.8 Å². The second-order valence-corrected chi connectivity index (χ2v) is 13.1. The van der Waals surface area contributed by atoms with Gasteiger partial charge in [-0.15, -0.1) is 0 Å². The van der Waals surface area contributed by atoms with Gasteiger partial charge in [0.05, 0.1) is 29.7 Å². The monoisotopic (exact) mass is 681 g/mol. The molecule has 0 bridgehead atoms. The fourth-order valence-corrected chi connectivity index (χ4v) is 6.20. The lowest BCUT2D eigenvalue weighted by atomic mass is 9.87. The van der Waals surface area contributed by atoms with E-state index in [2.05, 4.69) is 5.32 Å². The van der Waals surface area contributed by atoms with Gasteiger partial charge in [0.25, 0.3) is 0 Å². The second kappa shape index (κ2) is 14.8. The lowest BCUT2D eigenvalue weighted by Gasteiger charge is -2.53. The summed E-state index contributed by atoms with van der Waals surface area (Å²) in [5, 5.41) is 2.69. The van der Waals surface area contributed by atoms with Gasteiger partial charge in [0.15, 0.2) is 0 Å². The van der Waals surface area contributed by atoms with Crippen LogP contribution in [0.25, 0.3) is 6.08 Å². The van der Waals surface area contributed by atoms with E-state index in [0.717, 1.165) is 17.7 Å². The van der Waals surface area contributed by atoms with E-state index in [1.807, 2.05) is 30.3 Å². The first-order valence-electron chi connectivity index (χ1n) is 16.0. The first-order valence-corrected chi connectivity index (χ1v) is 16.0. The lowest BCUT2D eigenvalue weighted by molar-refractivity contribution is -0.155. The van der Waals surface area contributed by atoms with Crippen LogP contribution in [0.2, 0.25) is 0 Å². The number of carbonyl (C=O) groups is 3. The molecule has 2 aliphatic rings. The van der Waals surface area contributed by atoms with Crippen molar-refractivity contribution in [3.8, 4) is 0 Å². The molecule has 0 saturated carbocycles. The van der Waals surface area contributed by atoms with Crippen LogP contribution in [0.3, 0.4) is 0 Å². The standard InChI is InChI=1S/C37H39F4N3O5/c1-36(2,3)49-32(45)18-17-29(34(46)42-21-25-13-10-16-27(19-25)37(39,40)41)43-22-30(33(43)28(38)20-24-11-6-4-7-12-24)44-31(23-48-35(44)47)26-14-8-5-9-15-26/h4-16,19-20,29-31,33H,17-18,21-23H2,1-3H3,(H,42,46)/b28-20-/t29-,30?,31+,33?/m0/s1. The highest BCUT2D eigenvalue weighted by Crippen LogP contribution is 2.40. The van der Waals surface area contributed by atoms with Crippen LogP contribution in [-0.4, -0.2) is 64.6 Å². The Morgan fingerprint density at radius 2 is 1.67 bits per heavy atom. The average molecular weight is 682 g/mol. The number of halogens is 4. The molecule has 260 valence electrons. The Labute approximate surface area is 282 Å². The zero-order valence-corrected chi connectivity index (χ0v) is 27.5. The van der Waals surface area contributed by atoms with Gasteiger partial charge in [-0.25, -0.2) is 9.18 Å². The number of rotatable bonds is 11. The van der Waals surface area contributed by atoms with Crippen molar-refractivity contribution < 1.29 is 41.4 Å². The fraction of sp³-hybridized carbons (Fsp3) is 0.378. The third-order valence-electron chi connectivity index (χ3n) is 8.43. The smallest absolute Gasteiger partial charge is 0.416 e. The SMILES string of the molecule is CC(C)(C)OC(=O)CC[C@@H](C(=O)NCc1cccc(C(F)(F)F)c1)N1CC(N2C(=O)OC[C@@H]2c2ccccc2)C1/C(F)=C/c1ccccc1. The lowest BCUT2D eigenvalue weighted by Crippen LogP contribution is -2.71. The molecule has 2 aliphatic heterocycles. The van der Waals surface area contributed by atoms with Crippen molar-refractivity contribution in [2.75, 3.05) is 13.2 Å². The third-order valence-corrected chi connectivity index (χ3v) is 8.43. The Balaban J connectivity index is 1.46. The summed E-state index contributed by atoms with van der Waals surface area (Å²) in [6, 6.07) is 19.1. The van der Waals surface area contributed by atoms with Gasteiger partial charge in [-0.05, 0) is 62.1 Å². The minimum atomic E-state index is -4.56. The predicted molar refractivity (Wildman–Crippen MR) is 174 cm³/mol.